The van der Waals surface area contributed by atoms with Gasteiger partial charge in [0.25, 0.3) is 5.91 Å². The largest absolute Gasteiger partial charge is 0.457 e. The van der Waals surface area contributed by atoms with Crippen LogP contribution in [0.4, 0.5) is 22.4 Å². The SMILES string of the molecule is C[C@@H](NC(=O)c1ccc2c(Oc3ccc(C(F)(F)F)cc3)cccc2c1)C1(F)CN(C(=O)OC(C)(C)C)C1. The van der Waals surface area contributed by atoms with E-state index in [0.29, 0.717) is 22.1 Å². The third-order valence-electron chi connectivity index (χ3n) is 6.19. The summed E-state index contributed by atoms with van der Waals surface area (Å²) >= 11 is 0. The first-order valence-corrected chi connectivity index (χ1v) is 12.0. The Labute approximate surface area is 217 Å². The number of carbonyl (C=O) groups excluding carboxylic acids is 2. The van der Waals surface area contributed by atoms with Crippen molar-refractivity contribution in [3.63, 3.8) is 0 Å². The van der Waals surface area contributed by atoms with Crippen molar-refractivity contribution in [3.8, 4) is 11.5 Å². The van der Waals surface area contributed by atoms with E-state index in [9.17, 15) is 22.8 Å². The highest BCUT2D eigenvalue weighted by Crippen LogP contribution is 2.34. The molecule has 0 spiro atoms. The standard InChI is InChI=1S/C28H28F4N2O4/c1-17(27(29)15-34(16-27)25(36)38-26(2,3)4)33-24(35)19-8-13-22-18(14-19)6-5-7-23(22)37-21-11-9-20(10-12-21)28(30,31)32/h5-14,17H,15-16H2,1-4H3,(H,33,35)/t17-/m1/s1. The molecule has 3 aromatic rings. The molecule has 0 saturated carbocycles. The molecular formula is C28H28F4N2O4. The second kappa shape index (κ2) is 9.81. The summed E-state index contributed by atoms with van der Waals surface area (Å²) in [6.45, 7) is 6.34. The first kappa shape index (κ1) is 27.2. The lowest BCUT2D eigenvalue weighted by Gasteiger charge is -2.47. The third kappa shape index (κ3) is 6.00. The molecule has 0 bridgehead atoms. The lowest BCUT2D eigenvalue weighted by Crippen LogP contribution is -2.69. The molecule has 1 fully saturated rings. The summed E-state index contributed by atoms with van der Waals surface area (Å²) in [5, 5.41) is 3.97. The van der Waals surface area contributed by atoms with Gasteiger partial charge in [-0.15, -0.1) is 0 Å². The fourth-order valence-corrected chi connectivity index (χ4v) is 4.05. The minimum atomic E-state index is -4.44. The average Bonchev–Trinajstić information content (AvgIpc) is 2.80. The van der Waals surface area contributed by atoms with Gasteiger partial charge in [0.15, 0.2) is 5.67 Å². The smallest absolute Gasteiger partial charge is 0.416 e. The highest BCUT2D eigenvalue weighted by atomic mass is 19.4. The lowest BCUT2D eigenvalue weighted by atomic mass is 9.89. The quantitative estimate of drug-likeness (QED) is 0.370. The third-order valence-corrected chi connectivity index (χ3v) is 6.19. The van der Waals surface area contributed by atoms with Gasteiger partial charge in [0, 0.05) is 10.9 Å². The van der Waals surface area contributed by atoms with Gasteiger partial charge in [-0.1, -0.05) is 12.1 Å². The van der Waals surface area contributed by atoms with Gasteiger partial charge < -0.3 is 19.7 Å². The second-order valence-electron chi connectivity index (χ2n) is 10.4. The molecule has 0 aliphatic carbocycles. The van der Waals surface area contributed by atoms with Crippen LogP contribution in [0, 0.1) is 0 Å². The van der Waals surface area contributed by atoms with Crippen LogP contribution < -0.4 is 10.1 Å². The molecule has 1 heterocycles. The van der Waals surface area contributed by atoms with Crippen LogP contribution in [0.25, 0.3) is 10.8 Å². The molecule has 10 heteroatoms. The minimum Gasteiger partial charge on any atom is -0.457 e. The number of benzene rings is 3. The zero-order chi connectivity index (χ0) is 27.9. The number of nitrogens with zero attached hydrogens (tertiary/aromatic N) is 1. The monoisotopic (exact) mass is 532 g/mol. The van der Waals surface area contributed by atoms with Crippen LogP contribution >= 0.6 is 0 Å². The molecule has 3 aromatic carbocycles. The van der Waals surface area contributed by atoms with Crippen molar-refractivity contribution < 1.29 is 36.6 Å². The number of hydrogen-bond donors (Lipinski definition) is 1. The van der Waals surface area contributed by atoms with Crippen molar-refractivity contribution in [2.75, 3.05) is 13.1 Å². The van der Waals surface area contributed by atoms with E-state index in [1.54, 1.807) is 64.1 Å². The van der Waals surface area contributed by atoms with Crippen LogP contribution in [-0.4, -0.2) is 47.3 Å². The predicted octanol–water partition coefficient (Wildman–Crippen LogP) is 6.73. The minimum absolute atomic E-state index is 0.189. The Bertz CT molecular complexity index is 1340. The highest BCUT2D eigenvalue weighted by molar-refractivity contribution is 6.00. The number of rotatable bonds is 5. The highest BCUT2D eigenvalue weighted by Gasteiger charge is 2.51. The summed E-state index contributed by atoms with van der Waals surface area (Å²) in [6, 6.07) is 13.5. The Balaban J connectivity index is 1.42. The molecular weight excluding hydrogens is 504 g/mol. The number of hydrogen-bond acceptors (Lipinski definition) is 4. The molecule has 0 aromatic heterocycles. The molecule has 1 saturated heterocycles. The van der Waals surface area contributed by atoms with Crippen molar-refractivity contribution in [3.05, 3.63) is 71.8 Å². The molecule has 1 atom stereocenters. The molecule has 1 aliphatic heterocycles. The molecule has 2 amide bonds. The van der Waals surface area contributed by atoms with Crippen LogP contribution in [0.3, 0.4) is 0 Å². The van der Waals surface area contributed by atoms with E-state index in [4.69, 9.17) is 9.47 Å². The van der Waals surface area contributed by atoms with Crippen molar-refractivity contribution in [2.45, 2.75) is 51.2 Å². The summed E-state index contributed by atoms with van der Waals surface area (Å²) in [5.41, 5.74) is -2.96. The fraction of sp³-hybridized carbons (Fsp3) is 0.357. The van der Waals surface area contributed by atoms with Gasteiger partial charge in [0.05, 0.1) is 24.7 Å². The number of halogens is 4. The second-order valence-corrected chi connectivity index (χ2v) is 10.4. The number of ether oxygens (including phenoxy) is 2. The average molecular weight is 533 g/mol. The molecule has 0 radical (unpaired) electrons. The van der Waals surface area contributed by atoms with Gasteiger partial charge in [0.2, 0.25) is 0 Å². The number of fused-ring (bicyclic) bond motifs is 1. The Morgan fingerprint density at radius 1 is 1.00 bits per heavy atom. The Morgan fingerprint density at radius 2 is 1.66 bits per heavy atom. The maximum atomic E-state index is 15.3. The molecule has 1 N–H and O–H groups in total. The molecule has 38 heavy (non-hydrogen) atoms. The number of amides is 2. The first-order valence-electron chi connectivity index (χ1n) is 12.0. The predicted molar refractivity (Wildman–Crippen MR) is 134 cm³/mol. The van der Waals surface area contributed by atoms with Crippen LogP contribution in [0.2, 0.25) is 0 Å². The maximum absolute atomic E-state index is 15.3. The van der Waals surface area contributed by atoms with E-state index in [-0.39, 0.29) is 18.8 Å². The van der Waals surface area contributed by atoms with E-state index in [2.05, 4.69) is 5.32 Å². The summed E-state index contributed by atoms with van der Waals surface area (Å²) in [4.78, 5) is 26.2. The van der Waals surface area contributed by atoms with E-state index >= 15 is 4.39 Å². The van der Waals surface area contributed by atoms with E-state index < -0.39 is 41.1 Å². The Kier molecular flexibility index (Phi) is 7.03. The maximum Gasteiger partial charge on any atom is 0.416 e. The van der Waals surface area contributed by atoms with Gasteiger partial charge in [-0.25, -0.2) is 9.18 Å². The molecule has 1 aliphatic rings. The number of likely N-dealkylation sites (tertiary alicyclic amines) is 1. The number of alkyl halides is 4. The number of nitrogens with one attached hydrogen (secondary N) is 1. The van der Waals surface area contributed by atoms with E-state index in [1.165, 1.54) is 17.0 Å². The summed E-state index contributed by atoms with van der Waals surface area (Å²) in [7, 11) is 0. The van der Waals surface area contributed by atoms with Gasteiger partial charge in [0.1, 0.15) is 17.1 Å². The summed E-state index contributed by atoms with van der Waals surface area (Å²) in [6.07, 6.45) is -5.04. The lowest BCUT2D eigenvalue weighted by molar-refractivity contribution is -0.137. The summed E-state index contributed by atoms with van der Waals surface area (Å²) < 4.78 is 64.8. The van der Waals surface area contributed by atoms with Gasteiger partial charge in [-0.05, 0) is 81.6 Å². The van der Waals surface area contributed by atoms with Crippen molar-refractivity contribution >= 4 is 22.8 Å². The fourth-order valence-electron chi connectivity index (χ4n) is 4.05. The normalized spacial score (nSPS) is 15.9. The van der Waals surface area contributed by atoms with Gasteiger partial charge in [-0.3, -0.25) is 4.79 Å². The topological polar surface area (TPSA) is 67.9 Å². The van der Waals surface area contributed by atoms with E-state index in [1.807, 2.05) is 0 Å². The van der Waals surface area contributed by atoms with Gasteiger partial charge >= 0.3 is 12.3 Å². The van der Waals surface area contributed by atoms with Crippen LogP contribution in [0.1, 0.15) is 43.6 Å². The van der Waals surface area contributed by atoms with Crippen molar-refractivity contribution in [2.24, 2.45) is 0 Å². The van der Waals surface area contributed by atoms with E-state index in [0.717, 1.165) is 12.1 Å². The Morgan fingerprint density at radius 3 is 2.26 bits per heavy atom. The van der Waals surface area contributed by atoms with Crippen molar-refractivity contribution in [1.29, 1.82) is 0 Å². The van der Waals surface area contributed by atoms with Crippen molar-refractivity contribution in [1.82, 2.24) is 10.2 Å². The molecule has 202 valence electrons. The van der Waals surface area contributed by atoms with Crippen LogP contribution in [0.5, 0.6) is 11.5 Å². The molecule has 0 unspecified atom stereocenters. The Hall–Kier alpha value is -3.82. The van der Waals surface area contributed by atoms with Crippen LogP contribution in [0.15, 0.2) is 60.7 Å². The summed E-state index contributed by atoms with van der Waals surface area (Å²) in [5.74, 6) is 0.151. The zero-order valence-electron chi connectivity index (χ0n) is 21.4. The molecule has 6 nitrogen and oxygen atoms in total. The zero-order valence-corrected chi connectivity index (χ0v) is 21.4. The molecule has 4 rings (SSSR count). The number of carbonyl (C=O) groups is 2. The first-order chi connectivity index (χ1) is 17.6. The van der Waals surface area contributed by atoms with Gasteiger partial charge in [-0.2, -0.15) is 13.2 Å². The van der Waals surface area contributed by atoms with Crippen LogP contribution in [-0.2, 0) is 10.9 Å².